The summed E-state index contributed by atoms with van der Waals surface area (Å²) in [5.74, 6) is -1.29. The van der Waals surface area contributed by atoms with E-state index in [-0.39, 0.29) is 28.7 Å². The molecule has 8 heteroatoms. The van der Waals surface area contributed by atoms with Crippen LogP contribution in [0.5, 0.6) is 5.75 Å². The molecule has 1 aromatic carbocycles. The van der Waals surface area contributed by atoms with Crippen LogP contribution in [-0.4, -0.2) is 23.0 Å². The van der Waals surface area contributed by atoms with Crippen molar-refractivity contribution in [3.8, 4) is 5.75 Å². The Bertz CT molecular complexity index is 894. The van der Waals surface area contributed by atoms with E-state index in [1.54, 1.807) is 24.3 Å². The number of ketones is 1. The number of aliphatic hydroxyl groups is 1. The van der Waals surface area contributed by atoms with Crippen LogP contribution in [0.15, 0.2) is 48.4 Å². The minimum absolute atomic E-state index is 0.0695. The van der Waals surface area contributed by atoms with Crippen LogP contribution in [0.1, 0.15) is 35.1 Å². The number of nitrogens with zero attached hydrogens (tertiary/aromatic N) is 1. The van der Waals surface area contributed by atoms with E-state index >= 15 is 0 Å². The van der Waals surface area contributed by atoms with Gasteiger partial charge in [-0.1, -0.05) is 23.7 Å². The number of hydrogen-bond donors (Lipinski definition) is 1. The van der Waals surface area contributed by atoms with Crippen molar-refractivity contribution in [2.24, 2.45) is 0 Å². The lowest BCUT2D eigenvalue weighted by atomic mass is 9.75. The SMILES string of the molecule is COc1ccc([C@H]2CC(=O)C=C(O)[C@@H]2c2ncc(C(F)(F)F)cc2Cl)cc1. The standard InChI is InChI=1S/C19H15ClF3NO3/c1-27-13-4-2-10(3-5-13)14-7-12(25)8-16(26)17(14)18-15(20)6-11(9-24-18)19(21,22)23/h2-6,8-9,14,17,26H,7H2,1H3/t14-,17-/m1/s1. The van der Waals surface area contributed by atoms with E-state index in [2.05, 4.69) is 4.98 Å². The monoisotopic (exact) mass is 397 g/mol. The first-order valence-electron chi connectivity index (χ1n) is 8.00. The Labute approximate surface area is 158 Å². The molecular formula is C19H15ClF3NO3. The molecule has 1 aliphatic carbocycles. The Morgan fingerprint density at radius 2 is 1.93 bits per heavy atom. The summed E-state index contributed by atoms with van der Waals surface area (Å²) in [6.45, 7) is 0. The molecule has 0 radical (unpaired) electrons. The van der Waals surface area contributed by atoms with Gasteiger partial charge in [-0.2, -0.15) is 13.2 Å². The Morgan fingerprint density at radius 3 is 2.48 bits per heavy atom. The zero-order valence-electron chi connectivity index (χ0n) is 14.1. The van der Waals surface area contributed by atoms with Crippen molar-refractivity contribution in [3.63, 3.8) is 0 Å². The van der Waals surface area contributed by atoms with Crippen LogP contribution in [0.3, 0.4) is 0 Å². The number of benzene rings is 1. The fraction of sp³-hybridized carbons (Fsp3) is 0.263. The average molecular weight is 398 g/mol. The van der Waals surface area contributed by atoms with Crippen molar-refractivity contribution in [1.29, 1.82) is 0 Å². The molecule has 0 saturated heterocycles. The van der Waals surface area contributed by atoms with Crippen molar-refractivity contribution < 1.29 is 27.8 Å². The summed E-state index contributed by atoms with van der Waals surface area (Å²) in [5.41, 5.74) is -0.175. The zero-order chi connectivity index (χ0) is 19.8. The molecular weight excluding hydrogens is 383 g/mol. The summed E-state index contributed by atoms with van der Waals surface area (Å²) in [5, 5.41) is 10.2. The Balaban J connectivity index is 2.06. The third kappa shape index (κ3) is 3.93. The number of alkyl halides is 3. The molecule has 1 N–H and O–H groups in total. The van der Waals surface area contributed by atoms with Gasteiger partial charge in [0.25, 0.3) is 0 Å². The number of carbonyl (C=O) groups excluding carboxylic acids is 1. The first kappa shape index (κ1) is 19.2. The van der Waals surface area contributed by atoms with Gasteiger partial charge in [0, 0.05) is 24.6 Å². The summed E-state index contributed by atoms with van der Waals surface area (Å²) in [6, 6.07) is 7.65. The van der Waals surface area contributed by atoms with Gasteiger partial charge >= 0.3 is 6.18 Å². The number of ether oxygens (including phenoxy) is 1. The van der Waals surface area contributed by atoms with Crippen LogP contribution >= 0.6 is 11.6 Å². The van der Waals surface area contributed by atoms with Crippen molar-refractivity contribution in [2.45, 2.75) is 24.4 Å². The number of aliphatic hydroxyl groups excluding tert-OH is 1. The smallest absolute Gasteiger partial charge is 0.417 e. The molecule has 4 nitrogen and oxygen atoms in total. The van der Waals surface area contributed by atoms with Gasteiger partial charge < -0.3 is 9.84 Å². The molecule has 3 rings (SSSR count). The summed E-state index contributed by atoms with van der Waals surface area (Å²) in [6.07, 6.45) is -2.76. The maximum atomic E-state index is 12.9. The number of methoxy groups -OCH3 is 1. The molecule has 1 aromatic heterocycles. The van der Waals surface area contributed by atoms with Crippen LogP contribution in [-0.2, 0) is 11.0 Å². The second-order valence-electron chi connectivity index (χ2n) is 6.19. The van der Waals surface area contributed by atoms with E-state index in [0.717, 1.165) is 12.1 Å². The first-order chi connectivity index (χ1) is 12.7. The van der Waals surface area contributed by atoms with Gasteiger partial charge in [0.1, 0.15) is 11.5 Å². The fourth-order valence-corrected chi connectivity index (χ4v) is 3.46. The maximum Gasteiger partial charge on any atom is 0.417 e. The lowest BCUT2D eigenvalue weighted by molar-refractivity contribution is -0.137. The van der Waals surface area contributed by atoms with Crippen LogP contribution < -0.4 is 4.74 Å². The highest BCUT2D eigenvalue weighted by atomic mass is 35.5. The van der Waals surface area contributed by atoms with E-state index in [1.165, 1.54) is 7.11 Å². The quantitative estimate of drug-likeness (QED) is 0.787. The Morgan fingerprint density at radius 1 is 1.26 bits per heavy atom. The van der Waals surface area contributed by atoms with Crippen molar-refractivity contribution in [1.82, 2.24) is 4.98 Å². The number of halogens is 4. The predicted octanol–water partition coefficient (Wildman–Crippen LogP) is 5.04. The summed E-state index contributed by atoms with van der Waals surface area (Å²) >= 11 is 6.07. The molecule has 2 aromatic rings. The molecule has 0 bridgehead atoms. The third-order valence-electron chi connectivity index (χ3n) is 4.49. The largest absolute Gasteiger partial charge is 0.511 e. The summed E-state index contributed by atoms with van der Waals surface area (Å²) in [7, 11) is 1.52. The van der Waals surface area contributed by atoms with Gasteiger partial charge in [0.2, 0.25) is 0 Å². The highest BCUT2D eigenvalue weighted by molar-refractivity contribution is 6.31. The molecule has 0 spiro atoms. The zero-order valence-corrected chi connectivity index (χ0v) is 14.9. The molecule has 0 saturated carbocycles. The van der Waals surface area contributed by atoms with Crippen LogP contribution in [0.2, 0.25) is 5.02 Å². The number of carbonyl (C=O) groups is 1. The molecule has 0 fully saturated rings. The maximum absolute atomic E-state index is 12.9. The Hall–Kier alpha value is -2.54. The number of allylic oxidation sites excluding steroid dienone is 2. The van der Waals surface area contributed by atoms with Gasteiger partial charge in [0.05, 0.1) is 29.3 Å². The van der Waals surface area contributed by atoms with Gasteiger partial charge in [-0.05, 0) is 23.8 Å². The van der Waals surface area contributed by atoms with Crippen molar-refractivity contribution in [2.75, 3.05) is 7.11 Å². The van der Waals surface area contributed by atoms with Crippen LogP contribution in [0.4, 0.5) is 13.2 Å². The number of aromatic nitrogens is 1. The molecule has 1 aliphatic rings. The molecule has 27 heavy (non-hydrogen) atoms. The topological polar surface area (TPSA) is 59.4 Å². The van der Waals surface area contributed by atoms with Crippen molar-refractivity contribution >= 4 is 17.4 Å². The van der Waals surface area contributed by atoms with E-state index < -0.39 is 23.6 Å². The lowest BCUT2D eigenvalue weighted by Gasteiger charge is -2.30. The minimum Gasteiger partial charge on any atom is -0.511 e. The molecule has 142 valence electrons. The lowest BCUT2D eigenvalue weighted by Crippen LogP contribution is -2.23. The fourth-order valence-electron chi connectivity index (χ4n) is 3.18. The van der Waals surface area contributed by atoms with E-state index in [9.17, 15) is 23.1 Å². The number of hydrogen-bond acceptors (Lipinski definition) is 4. The van der Waals surface area contributed by atoms with Gasteiger partial charge in [-0.15, -0.1) is 0 Å². The molecule has 2 atom stereocenters. The molecule has 1 heterocycles. The second-order valence-corrected chi connectivity index (χ2v) is 6.59. The predicted molar refractivity (Wildman–Crippen MR) is 93.1 cm³/mol. The van der Waals surface area contributed by atoms with Gasteiger partial charge in [-0.3, -0.25) is 9.78 Å². The highest BCUT2D eigenvalue weighted by Gasteiger charge is 2.38. The first-order valence-corrected chi connectivity index (χ1v) is 8.38. The molecule has 0 amide bonds. The second kappa shape index (κ2) is 7.23. The normalized spacial score (nSPS) is 20.3. The van der Waals surface area contributed by atoms with Gasteiger partial charge in [-0.25, -0.2) is 0 Å². The highest BCUT2D eigenvalue weighted by Crippen LogP contribution is 2.45. The third-order valence-corrected chi connectivity index (χ3v) is 4.79. The summed E-state index contributed by atoms with van der Waals surface area (Å²) < 4.78 is 43.7. The van der Waals surface area contributed by atoms with Crippen molar-refractivity contribution in [3.05, 3.63) is 70.2 Å². The van der Waals surface area contributed by atoms with E-state index in [4.69, 9.17) is 16.3 Å². The minimum atomic E-state index is -4.58. The average Bonchev–Trinajstić information content (AvgIpc) is 2.61. The van der Waals surface area contributed by atoms with Crippen LogP contribution in [0, 0.1) is 0 Å². The number of rotatable bonds is 3. The van der Waals surface area contributed by atoms with Gasteiger partial charge in [0.15, 0.2) is 5.78 Å². The molecule has 0 aliphatic heterocycles. The number of pyridine rings is 1. The molecule has 0 unspecified atom stereocenters. The van der Waals surface area contributed by atoms with E-state index in [1.807, 2.05) is 0 Å². The summed E-state index contributed by atoms with van der Waals surface area (Å²) in [4.78, 5) is 15.8. The van der Waals surface area contributed by atoms with Crippen LogP contribution in [0.25, 0.3) is 0 Å². The van der Waals surface area contributed by atoms with E-state index in [0.29, 0.717) is 17.5 Å². The Kier molecular flexibility index (Phi) is 5.15.